The molecule has 0 saturated carbocycles. The van der Waals surface area contributed by atoms with Gasteiger partial charge >= 0.3 is 5.97 Å². The summed E-state index contributed by atoms with van der Waals surface area (Å²) in [5.74, 6) is 2.27. The van der Waals surface area contributed by atoms with Crippen molar-refractivity contribution in [2.75, 3.05) is 45.9 Å². The molecule has 1 aliphatic rings. The average Bonchev–Trinajstić information content (AvgIpc) is 3.39. The van der Waals surface area contributed by atoms with E-state index >= 15 is 0 Å². The van der Waals surface area contributed by atoms with Crippen LogP contribution in [0, 0.1) is 6.92 Å². The first-order chi connectivity index (χ1) is 14.6. The summed E-state index contributed by atoms with van der Waals surface area (Å²) in [6.07, 6.45) is 2.35. The molecule has 0 radical (unpaired) electrons. The fourth-order valence-electron chi connectivity index (χ4n) is 3.69. The van der Waals surface area contributed by atoms with E-state index < -0.39 is 5.97 Å². The Morgan fingerprint density at radius 2 is 1.87 bits per heavy atom. The van der Waals surface area contributed by atoms with E-state index in [0.717, 1.165) is 30.0 Å². The van der Waals surface area contributed by atoms with Crippen LogP contribution in [0.1, 0.15) is 21.6 Å². The van der Waals surface area contributed by atoms with Crippen molar-refractivity contribution in [1.82, 2.24) is 19.6 Å². The third kappa shape index (κ3) is 3.34. The minimum Gasteiger partial charge on any atom is -0.493 e. The third-order valence-corrected chi connectivity index (χ3v) is 5.13. The fraction of sp³-hybridized carbons (Fsp3) is 0.400. The number of carbonyl (C=O) groups excluding carboxylic acids is 1. The Labute approximate surface area is 173 Å². The van der Waals surface area contributed by atoms with Crippen molar-refractivity contribution >= 4 is 17.6 Å². The van der Waals surface area contributed by atoms with Crippen molar-refractivity contribution in [3.05, 3.63) is 35.3 Å². The van der Waals surface area contributed by atoms with Gasteiger partial charge in [-0.15, -0.1) is 0 Å². The molecule has 10 heteroatoms. The summed E-state index contributed by atoms with van der Waals surface area (Å²) in [5.41, 5.74) is 2.41. The number of benzene rings is 1. The van der Waals surface area contributed by atoms with E-state index in [1.165, 1.54) is 27.7 Å². The Hall–Kier alpha value is -3.56. The van der Waals surface area contributed by atoms with Gasteiger partial charge in [-0.2, -0.15) is 14.6 Å². The van der Waals surface area contributed by atoms with Gasteiger partial charge in [0.2, 0.25) is 5.75 Å². The number of hydrogen-bond donors (Lipinski definition) is 0. The van der Waals surface area contributed by atoms with Crippen LogP contribution in [0.4, 0.5) is 5.82 Å². The molecule has 1 aromatic carbocycles. The lowest BCUT2D eigenvalue weighted by atomic mass is 10.2. The molecule has 0 amide bonds. The Kier molecular flexibility index (Phi) is 5.30. The second-order valence-electron chi connectivity index (χ2n) is 6.76. The molecule has 0 unspecified atom stereocenters. The third-order valence-electron chi connectivity index (χ3n) is 5.13. The normalized spacial score (nSPS) is 12.7. The molecule has 0 spiro atoms. The molecule has 0 atom stereocenters. The zero-order valence-corrected chi connectivity index (χ0v) is 17.3. The van der Waals surface area contributed by atoms with Crippen molar-refractivity contribution < 1.29 is 23.7 Å². The first-order valence-corrected chi connectivity index (χ1v) is 9.48. The molecule has 0 N–H and O–H groups in total. The molecular weight excluding hydrogens is 390 g/mol. The lowest BCUT2D eigenvalue weighted by Crippen LogP contribution is -2.28. The van der Waals surface area contributed by atoms with Gasteiger partial charge in [0.25, 0.3) is 5.78 Å². The maximum atomic E-state index is 12.6. The summed E-state index contributed by atoms with van der Waals surface area (Å²) in [6.45, 7) is 3.52. The molecule has 0 bridgehead atoms. The van der Waals surface area contributed by atoms with Crippen molar-refractivity contribution in [3.63, 3.8) is 0 Å². The zero-order chi connectivity index (χ0) is 21.3. The number of carbonyl (C=O) groups is 1. The molecule has 0 aliphatic carbocycles. The second-order valence-corrected chi connectivity index (χ2v) is 6.76. The van der Waals surface area contributed by atoms with Gasteiger partial charge in [0, 0.05) is 17.8 Å². The van der Waals surface area contributed by atoms with Crippen LogP contribution in [-0.4, -0.2) is 66.6 Å². The smallest absolute Gasteiger partial charge is 0.338 e. The maximum Gasteiger partial charge on any atom is 0.338 e. The van der Waals surface area contributed by atoms with Gasteiger partial charge in [0.05, 0.1) is 33.4 Å². The molecule has 30 heavy (non-hydrogen) atoms. The maximum absolute atomic E-state index is 12.6. The topological polar surface area (TPSA) is 100 Å². The monoisotopic (exact) mass is 413 g/mol. The average molecular weight is 413 g/mol. The van der Waals surface area contributed by atoms with Gasteiger partial charge in [-0.05, 0) is 25.5 Å². The van der Waals surface area contributed by atoms with E-state index in [9.17, 15) is 4.79 Å². The van der Waals surface area contributed by atoms with E-state index in [-0.39, 0.29) is 6.61 Å². The van der Waals surface area contributed by atoms with Gasteiger partial charge in [-0.3, -0.25) is 0 Å². The highest BCUT2D eigenvalue weighted by Gasteiger charge is 2.26. The van der Waals surface area contributed by atoms with Crippen molar-refractivity contribution in [2.45, 2.75) is 13.3 Å². The molecule has 4 rings (SSSR count). The molecular formula is C20H23N5O5. The van der Waals surface area contributed by atoms with E-state index in [2.05, 4.69) is 20.0 Å². The van der Waals surface area contributed by atoms with E-state index in [0.29, 0.717) is 35.1 Å². The van der Waals surface area contributed by atoms with Crippen molar-refractivity contribution in [3.8, 4) is 17.2 Å². The van der Waals surface area contributed by atoms with Gasteiger partial charge in [-0.1, -0.05) is 0 Å². The number of hydrogen-bond acceptors (Lipinski definition) is 9. The Bertz CT molecular complexity index is 1070. The summed E-state index contributed by atoms with van der Waals surface area (Å²) in [7, 11) is 4.51. The van der Waals surface area contributed by atoms with Crippen molar-refractivity contribution in [2.24, 2.45) is 0 Å². The predicted octanol–water partition coefficient (Wildman–Crippen LogP) is 1.68. The summed E-state index contributed by atoms with van der Waals surface area (Å²) in [4.78, 5) is 23.4. The molecule has 1 aliphatic heterocycles. The number of anilines is 1. The summed E-state index contributed by atoms with van der Waals surface area (Å²) >= 11 is 0. The lowest BCUT2D eigenvalue weighted by Gasteiger charge is -2.20. The molecule has 2 aromatic heterocycles. The minimum absolute atomic E-state index is 0.215. The fourth-order valence-corrected chi connectivity index (χ4v) is 3.69. The Morgan fingerprint density at radius 1 is 1.13 bits per heavy atom. The summed E-state index contributed by atoms with van der Waals surface area (Å²) in [5, 5.41) is 4.28. The number of nitrogens with zero attached hydrogens (tertiary/aromatic N) is 5. The first-order valence-electron chi connectivity index (χ1n) is 9.48. The molecule has 3 heterocycles. The molecule has 0 fully saturated rings. The minimum atomic E-state index is -0.467. The van der Waals surface area contributed by atoms with E-state index in [1.807, 2.05) is 6.92 Å². The molecule has 3 aromatic rings. The zero-order valence-electron chi connectivity index (χ0n) is 17.3. The van der Waals surface area contributed by atoms with Crippen LogP contribution in [0.5, 0.6) is 17.2 Å². The van der Waals surface area contributed by atoms with Gasteiger partial charge in [0.1, 0.15) is 18.8 Å². The lowest BCUT2D eigenvalue weighted by molar-refractivity contribution is 0.0514. The Morgan fingerprint density at radius 3 is 2.53 bits per heavy atom. The van der Waals surface area contributed by atoms with E-state index in [4.69, 9.17) is 18.9 Å². The molecule has 158 valence electrons. The summed E-state index contributed by atoms with van der Waals surface area (Å²) < 4.78 is 23.1. The quantitative estimate of drug-likeness (QED) is 0.536. The Balaban J connectivity index is 1.47. The first kappa shape index (κ1) is 19.7. The van der Waals surface area contributed by atoms with Crippen LogP contribution in [0.25, 0.3) is 5.78 Å². The highest BCUT2D eigenvalue weighted by Crippen LogP contribution is 2.38. The van der Waals surface area contributed by atoms with Crippen LogP contribution < -0.4 is 19.1 Å². The second kappa shape index (κ2) is 8.05. The molecule has 0 saturated heterocycles. The number of aryl methyl sites for hydroxylation is 1. The number of fused-ring (bicyclic) bond motifs is 3. The SMILES string of the molecule is COc1cc(C(=O)OCCN2CCc3c(C)nc4ncnn4c32)cc(OC)c1OC. The van der Waals surface area contributed by atoms with E-state index in [1.54, 1.807) is 16.6 Å². The van der Waals surface area contributed by atoms with Gasteiger partial charge in [-0.25, -0.2) is 9.78 Å². The predicted molar refractivity (Wildman–Crippen MR) is 108 cm³/mol. The standard InChI is InChI=1S/C20H23N5O5/c1-12-14-5-6-24(18(14)25-20(23-12)21-11-22-25)7-8-30-19(26)13-9-15(27-2)17(29-4)16(10-13)28-3/h9-11H,5-8H2,1-4H3. The van der Waals surface area contributed by atoms with Crippen LogP contribution in [0.2, 0.25) is 0 Å². The van der Waals surface area contributed by atoms with Gasteiger partial charge < -0.3 is 23.8 Å². The number of esters is 1. The van der Waals surface area contributed by atoms with Crippen LogP contribution in [-0.2, 0) is 11.2 Å². The number of methoxy groups -OCH3 is 3. The number of aromatic nitrogens is 4. The van der Waals surface area contributed by atoms with Crippen LogP contribution >= 0.6 is 0 Å². The van der Waals surface area contributed by atoms with Crippen molar-refractivity contribution in [1.29, 1.82) is 0 Å². The highest BCUT2D eigenvalue weighted by molar-refractivity contribution is 5.91. The molecule has 10 nitrogen and oxygen atoms in total. The highest BCUT2D eigenvalue weighted by atomic mass is 16.5. The van der Waals surface area contributed by atoms with Gasteiger partial charge in [0.15, 0.2) is 11.5 Å². The van der Waals surface area contributed by atoms with Crippen LogP contribution in [0.15, 0.2) is 18.5 Å². The summed E-state index contributed by atoms with van der Waals surface area (Å²) in [6, 6.07) is 3.14. The number of rotatable bonds is 7. The van der Waals surface area contributed by atoms with Crippen LogP contribution in [0.3, 0.4) is 0 Å². The largest absolute Gasteiger partial charge is 0.493 e. The number of ether oxygens (including phenoxy) is 4.